The van der Waals surface area contributed by atoms with Crippen LogP contribution in [0.25, 0.3) is 0 Å². The second-order valence-electron chi connectivity index (χ2n) is 7.17. The van der Waals surface area contributed by atoms with E-state index in [2.05, 4.69) is 41.5 Å². The van der Waals surface area contributed by atoms with Crippen LogP contribution in [0.4, 0.5) is 0 Å². The largest absolute Gasteiger partial charge is 0.350 e. The van der Waals surface area contributed by atoms with Gasteiger partial charge in [0, 0.05) is 20.0 Å². The molecule has 1 atom stereocenters. The molecule has 0 saturated heterocycles. The molecule has 0 radical (unpaired) electrons. The fourth-order valence-corrected chi connectivity index (χ4v) is 3.77. The van der Waals surface area contributed by atoms with Gasteiger partial charge in [-0.1, -0.05) is 51.0 Å². The fourth-order valence-electron chi connectivity index (χ4n) is 3.77. The van der Waals surface area contributed by atoms with Crippen molar-refractivity contribution >= 4 is 11.8 Å². The van der Waals surface area contributed by atoms with Gasteiger partial charge in [0.2, 0.25) is 11.8 Å². The normalized spacial score (nSPS) is 15.8. The molecule has 0 aromatic heterocycles. The van der Waals surface area contributed by atoms with E-state index in [0.717, 1.165) is 50.9 Å². The molecular weight excluding hydrogens is 326 g/mol. The first-order chi connectivity index (χ1) is 12.5. The molecule has 1 unspecified atom stereocenters. The predicted octanol–water partition coefficient (Wildman–Crippen LogP) is 2.84. The number of benzene rings is 1. The lowest BCUT2D eigenvalue weighted by Gasteiger charge is -2.24. The van der Waals surface area contributed by atoms with Crippen LogP contribution < -0.4 is 10.6 Å². The predicted molar refractivity (Wildman–Crippen MR) is 104 cm³/mol. The molecule has 2 amide bonds. The van der Waals surface area contributed by atoms with Crippen molar-refractivity contribution in [1.82, 2.24) is 15.5 Å². The molecule has 1 aliphatic rings. The molecule has 0 heterocycles. The minimum absolute atomic E-state index is 0.0651. The van der Waals surface area contributed by atoms with Crippen LogP contribution in [-0.2, 0) is 22.7 Å². The molecule has 26 heavy (non-hydrogen) atoms. The van der Waals surface area contributed by atoms with E-state index in [1.54, 1.807) is 0 Å². The number of nitrogens with one attached hydrogen (secondary N) is 2. The molecule has 1 fully saturated rings. The van der Waals surface area contributed by atoms with Crippen molar-refractivity contribution in [1.29, 1.82) is 0 Å². The first-order valence-corrected chi connectivity index (χ1v) is 9.89. The molecule has 5 heteroatoms. The van der Waals surface area contributed by atoms with Gasteiger partial charge in [-0.15, -0.1) is 0 Å². The van der Waals surface area contributed by atoms with Gasteiger partial charge in [-0.3, -0.25) is 14.5 Å². The highest BCUT2D eigenvalue weighted by molar-refractivity contribution is 5.87. The number of carbonyl (C=O) groups is 2. The lowest BCUT2D eigenvalue weighted by atomic mass is 9.97. The van der Waals surface area contributed by atoms with Gasteiger partial charge in [0.1, 0.15) is 6.04 Å². The van der Waals surface area contributed by atoms with E-state index >= 15 is 0 Å². The Hall–Kier alpha value is -1.88. The van der Waals surface area contributed by atoms with Crippen LogP contribution in [0.2, 0.25) is 0 Å². The topological polar surface area (TPSA) is 61.4 Å². The van der Waals surface area contributed by atoms with E-state index in [1.807, 2.05) is 12.1 Å². The van der Waals surface area contributed by atoms with Gasteiger partial charge in [0.15, 0.2) is 0 Å². The lowest BCUT2D eigenvalue weighted by Crippen LogP contribution is -2.49. The summed E-state index contributed by atoms with van der Waals surface area (Å²) in [5.74, 6) is 0.0496. The van der Waals surface area contributed by atoms with Crippen LogP contribution >= 0.6 is 0 Å². The molecule has 5 nitrogen and oxygen atoms in total. The number of carbonyl (C=O) groups excluding carboxylic acids is 2. The van der Waals surface area contributed by atoms with Crippen molar-refractivity contribution < 1.29 is 9.59 Å². The summed E-state index contributed by atoms with van der Waals surface area (Å²) < 4.78 is 0. The first-order valence-electron chi connectivity index (χ1n) is 9.89. The van der Waals surface area contributed by atoms with Gasteiger partial charge in [-0.2, -0.15) is 0 Å². The Morgan fingerprint density at radius 2 is 1.73 bits per heavy atom. The Morgan fingerprint density at radius 3 is 2.31 bits per heavy atom. The van der Waals surface area contributed by atoms with E-state index in [0.29, 0.717) is 6.54 Å². The summed E-state index contributed by atoms with van der Waals surface area (Å²) in [6, 6.07) is 7.84. The fraction of sp³-hybridized carbons (Fsp3) is 0.619. The van der Waals surface area contributed by atoms with E-state index in [4.69, 9.17) is 0 Å². The van der Waals surface area contributed by atoms with E-state index in [1.165, 1.54) is 12.5 Å². The average molecular weight is 360 g/mol. The van der Waals surface area contributed by atoms with Crippen molar-refractivity contribution in [2.75, 3.05) is 13.1 Å². The molecule has 0 bridgehead atoms. The van der Waals surface area contributed by atoms with Crippen molar-refractivity contribution in [2.24, 2.45) is 5.92 Å². The molecule has 1 aliphatic carbocycles. The average Bonchev–Trinajstić information content (AvgIpc) is 3.17. The van der Waals surface area contributed by atoms with Crippen molar-refractivity contribution in [2.45, 2.75) is 65.6 Å². The standard InChI is InChI=1S/C21H33N3O2/c1-4-24(5-2)15-19-13-9-8-12-18(19)14-22-21(26)20(23-16(3)25)17-10-6-7-11-17/h8-9,12-13,17,20H,4-7,10-11,14-15H2,1-3H3,(H,22,26)(H,23,25). The molecule has 0 aliphatic heterocycles. The smallest absolute Gasteiger partial charge is 0.243 e. The van der Waals surface area contributed by atoms with Gasteiger partial charge in [0.05, 0.1) is 0 Å². The maximum Gasteiger partial charge on any atom is 0.243 e. The van der Waals surface area contributed by atoms with Crippen LogP contribution in [-0.4, -0.2) is 35.8 Å². The van der Waals surface area contributed by atoms with E-state index < -0.39 is 6.04 Å². The van der Waals surface area contributed by atoms with Gasteiger partial charge in [0.25, 0.3) is 0 Å². The third kappa shape index (κ3) is 5.84. The highest BCUT2D eigenvalue weighted by Crippen LogP contribution is 2.28. The number of hydrogen-bond donors (Lipinski definition) is 2. The van der Waals surface area contributed by atoms with E-state index in [-0.39, 0.29) is 17.7 Å². The quantitative estimate of drug-likeness (QED) is 0.713. The molecule has 144 valence electrons. The Morgan fingerprint density at radius 1 is 1.12 bits per heavy atom. The Labute approximate surface area is 157 Å². The van der Waals surface area contributed by atoms with Gasteiger partial charge >= 0.3 is 0 Å². The summed E-state index contributed by atoms with van der Waals surface area (Å²) in [5, 5.41) is 5.92. The number of nitrogens with zero attached hydrogens (tertiary/aromatic N) is 1. The maximum atomic E-state index is 12.7. The first kappa shape index (κ1) is 20.4. The minimum atomic E-state index is -0.412. The number of hydrogen-bond acceptors (Lipinski definition) is 3. The zero-order chi connectivity index (χ0) is 18.9. The highest BCUT2D eigenvalue weighted by Gasteiger charge is 2.31. The monoisotopic (exact) mass is 359 g/mol. The number of amides is 2. The van der Waals surface area contributed by atoms with E-state index in [9.17, 15) is 9.59 Å². The number of rotatable bonds is 9. The SMILES string of the molecule is CCN(CC)Cc1ccccc1CNC(=O)C(NC(C)=O)C1CCCC1. The van der Waals surface area contributed by atoms with Crippen LogP contribution in [0.3, 0.4) is 0 Å². The van der Waals surface area contributed by atoms with Gasteiger partial charge < -0.3 is 10.6 Å². The van der Waals surface area contributed by atoms with Crippen LogP contribution in [0.1, 0.15) is 57.6 Å². The van der Waals surface area contributed by atoms with Crippen LogP contribution in [0, 0.1) is 5.92 Å². The third-order valence-corrected chi connectivity index (χ3v) is 5.37. The summed E-state index contributed by atoms with van der Waals surface area (Å²) in [7, 11) is 0. The summed E-state index contributed by atoms with van der Waals surface area (Å²) >= 11 is 0. The zero-order valence-corrected chi connectivity index (χ0v) is 16.4. The minimum Gasteiger partial charge on any atom is -0.350 e. The second-order valence-corrected chi connectivity index (χ2v) is 7.17. The molecule has 1 aromatic rings. The highest BCUT2D eigenvalue weighted by atomic mass is 16.2. The van der Waals surface area contributed by atoms with Crippen molar-refractivity contribution in [3.05, 3.63) is 35.4 Å². The molecule has 2 N–H and O–H groups in total. The summed E-state index contributed by atoms with van der Waals surface area (Å²) in [6.45, 7) is 9.19. The zero-order valence-electron chi connectivity index (χ0n) is 16.4. The second kappa shape index (κ2) is 10.3. The van der Waals surface area contributed by atoms with Gasteiger partial charge in [-0.25, -0.2) is 0 Å². The van der Waals surface area contributed by atoms with Crippen molar-refractivity contribution in [3.8, 4) is 0 Å². The summed E-state index contributed by atoms with van der Waals surface area (Å²) in [4.78, 5) is 26.6. The van der Waals surface area contributed by atoms with Crippen molar-refractivity contribution in [3.63, 3.8) is 0 Å². The van der Waals surface area contributed by atoms with Crippen LogP contribution in [0.5, 0.6) is 0 Å². The maximum absolute atomic E-state index is 12.7. The summed E-state index contributed by atoms with van der Waals surface area (Å²) in [5.41, 5.74) is 2.38. The Bertz CT molecular complexity index is 593. The molecule has 2 rings (SSSR count). The Balaban J connectivity index is 2.01. The molecule has 1 saturated carbocycles. The molecule has 0 spiro atoms. The molecule has 1 aromatic carbocycles. The summed E-state index contributed by atoms with van der Waals surface area (Å²) in [6.07, 6.45) is 4.30. The Kier molecular flexibility index (Phi) is 8.10. The third-order valence-electron chi connectivity index (χ3n) is 5.37. The molecular formula is C21H33N3O2. The van der Waals surface area contributed by atoms with Gasteiger partial charge in [-0.05, 0) is 43.0 Å². The lowest BCUT2D eigenvalue weighted by molar-refractivity contribution is -0.129. The van der Waals surface area contributed by atoms with Crippen LogP contribution in [0.15, 0.2) is 24.3 Å².